The van der Waals surface area contributed by atoms with Crippen LogP contribution in [0.2, 0.25) is 0 Å². The molecule has 0 saturated carbocycles. The third kappa shape index (κ3) is 4.40. The second kappa shape index (κ2) is 7.52. The van der Waals surface area contributed by atoms with E-state index in [1.165, 1.54) is 16.9 Å². The smallest absolute Gasteiger partial charge is 0.310 e. The van der Waals surface area contributed by atoms with E-state index in [1.807, 2.05) is 12.3 Å². The molecule has 0 aliphatic carbocycles. The van der Waals surface area contributed by atoms with Gasteiger partial charge >= 0.3 is 5.97 Å². The number of thiazole rings is 1. The molecule has 2 aromatic heterocycles. The Balaban J connectivity index is 1.78. The Hall–Kier alpha value is -1.24. The van der Waals surface area contributed by atoms with E-state index in [0.29, 0.717) is 6.42 Å². The standard InChI is InChI=1S/C14H18N2O2S2/c1-3-10-8-16-13(20-10)9-15-7-12-5-4-11(19-12)6-14(17)18-2/h4-5,8,15H,3,6-7,9H2,1-2H3. The fraction of sp³-hybridized carbons (Fsp3) is 0.429. The van der Waals surface area contributed by atoms with Crippen LogP contribution in [0, 0.1) is 0 Å². The molecule has 0 spiro atoms. The van der Waals surface area contributed by atoms with Gasteiger partial charge in [0.1, 0.15) is 5.01 Å². The molecule has 2 heterocycles. The molecule has 0 amide bonds. The number of thiophene rings is 1. The molecule has 0 aliphatic heterocycles. The minimum atomic E-state index is -0.193. The van der Waals surface area contributed by atoms with E-state index >= 15 is 0 Å². The summed E-state index contributed by atoms with van der Waals surface area (Å²) in [6.07, 6.45) is 3.34. The number of nitrogens with zero attached hydrogens (tertiary/aromatic N) is 1. The Labute approximate surface area is 126 Å². The van der Waals surface area contributed by atoms with Gasteiger partial charge in [-0.15, -0.1) is 22.7 Å². The van der Waals surface area contributed by atoms with E-state index in [0.717, 1.165) is 29.4 Å². The Kier molecular flexibility index (Phi) is 5.70. The topological polar surface area (TPSA) is 51.2 Å². The first-order chi connectivity index (χ1) is 9.71. The molecule has 2 aromatic rings. The normalized spacial score (nSPS) is 10.7. The number of hydrogen-bond donors (Lipinski definition) is 1. The quantitative estimate of drug-likeness (QED) is 0.799. The first-order valence-electron chi connectivity index (χ1n) is 6.50. The molecule has 0 bridgehead atoms. The van der Waals surface area contributed by atoms with Crippen molar-refractivity contribution in [3.05, 3.63) is 38.0 Å². The Morgan fingerprint density at radius 3 is 2.75 bits per heavy atom. The van der Waals surface area contributed by atoms with Crippen molar-refractivity contribution in [3.8, 4) is 0 Å². The second-order valence-corrected chi connectivity index (χ2v) is 6.75. The maximum Gasteiger partial charge on any atom is 0.310 e. The van der Waals surface area contributed by atoms with E-state index in [9.17, 15) is 4.79 Å². The average Bonchev–Trinajstić information content (AvgIpc) is 3.08. The van der Waals surface area contributed by atoms with Crippen molar-refractivity contribution < 1.29 is 9.53 Å². The highest BCUT2D eigenvalue weighted by molar-refractivity contribution is 7.12. The zero-order valence-electron chi connectivity index (χ0n) is 11.6. The minimum absolute atomic E-state index is 0.193. The van der Waals surface area contributed by atoms with Crippen molar-refractivity contribution in [3.63, 3.8) is 0 Å². The summed E-state index contributed by atoms with van der Waals surface area (Å²) in [5.74, 6) is -0.193. The number of nitrogens with one attached hydrogen (secondary N) is 1. The molecule has 0 aliphatic rings. The van der Waals surface area contributed by atoms with Gasteiger partial charge in [0.15, 0.2) is 0 Å². The summed E-state index contributed by atoms with van der Waals surface area (Å²) in [7, 11) is 1.41. The highest BCUT2D eigenvalue weighted by Crippen LogP contribution is 2.18. The zero-order valence-corrected chi connectivity index (χ0v) is 13.3. The predicted molar refractivity (Wildman–Crippen MR) is 82.1 cm³/mol. The molecule has 20 heavy (non-hydrogen) atoms. The molecule has 108 valence electrons. The molecule has 6 heteroatoms. The fourth-order valence-electron chi connectivity index (χ4n) is 1.71. The molecule has 2 rings (SSSR count). The van der Waals surface area contributed by atoms with Gasteiger partial charge in [-0.2, -0.15) is 0 Å². The number of rotatable bonds is 7. The maximum atomic E-state index is 11.2. The number of methoxy groups -OCH3 is 1. The predicted octanol–water partition coefficient (Wildman–Crippen LogP) is 2.77. The monoisotopic (exact) mass is 310 g/mol. The van der Waals surface area contributed by atoms with Crippen LogP contribution in [0.1, 0.15) is 26.6 Å². The van der Waals surface area contributed by atoms with E-state index in [2.05, 4.69) is 28.0 Å². The van der Waals surface area contributed by atoms with Crippen LogP contribution in [-0.4, -0.2) is 18.1 Å². The number of ether oxygens (including phenoxy) is 1. The van der Waals surface area contributed by atoms with E-state index < -0.39 is 0 Å². The van der Waals surface area contributed by atoms with Gasteiger partial charge in [-0.3, -0.25) is 4.79 Å². The van der Waals surface area contributed by atoms with Crippen LogP contribution in [0.5, 0.6) is 0 Å². The van der Waals surface area contributed by atoms with Gasteiger partial charge in [0, 0.05) is 33.9 Å². The van der Waals surface area contributed by atoms with Crippen molar-refractivity contribution in [2.24, 2.45) is 0 Å². The van der Waals surface area contributed by atoms with Crippen LogP contribution in [0.3, 0.4) is 0 Å². The highest BCUT2D eigenvalue weighted by atomic mass is 32.1. The maximum absolute atomic E-state index is 11.2. The lowest BCUT2D eigenvalue weighted by Crippen LogP contribution is -2.11. The summed E-state index contributed by atoms with van der Waals surface area (Å²) in [6, 6.07) is 4.03. The number of esters is 1. The number of aryl methyl sites for hydroxylation is 1. The summed E-state index contributed by atoms with van der Waals surface area (Å²) in [4.78, 5) is 19.1. The molecule has 0 atom stereocenters. The molecule has 0 fully saturated rings. The van der Waals surface area contributed by atoms with Crippen LogP contribution in [0.4, 0.5) is 0 Å². The van der Waals surface area contributed by atoms with Gasteiger partial charge in [-0.1, -0.05) is 6.92 Å². The van der Waals surface area contributed by atoms with Crippen LogP contribution in [0.15, 0.2) is 18.3 Å². The molecule has 0 saturated heterocycles. The molecular weight excluding hydrogens is 292 g/mol. The van der Waals surface area contributed by atoms with E-state index in [4.69, 9.17) is 0 Å². The third-order valence-corrected chi connectivity index (χ3v) is 5.02. The summed E-state index contributed by atoms with van der Waals surface area (Å²) >= 11 is 3.39. The Morgan fingerprint density at radius 2 is 2.05 bits per heavy atom. The number of hydrogen-bond acceptors (Lipinski definition) is 6. The number of carbonyl (C=O) groups is 1. The van der Waals surface area contributed by atoms with Crippen LogP contribution in [-0.2, 0) is 35.5 Å². The first-order valence-corrected chi connectivity index (χ1v) is 8.13. The largest absolute Gasteiger partial charge is 0.469 e. The van der Waals surface area contributed by atoms with Gasteiger partial charge in [0.05, 0.1) is 13.5 Å². The SMILES string of the molecule is CCc1cnc(CNCc2ccc(CC(=O)OC)s2)s1. The summed E-state index contributed by atoms with van der Waals surface area (Å²) in [5.41, 5.74) is 0. The fourth-order valence-corrected chi connectivity index (χ4v) is 3.52. The summed E-state index contributed by atoms with van der Waals surface area (Å²) in [5, 5.41) is 4.50. The molecule has 0 unspecified atom stereocenters. The first kappa shape index (κ1) is 15.2. The lowest BCUT2D eigenvalue weighted by molar-refractivity contribution is -0.139. The lowest BCUT2D eigenvalue weighted by Gasteiger charge is -1.99. The van der Waals surface area contributed by atoms with Gasteiger partial charge in [-0.05, 0) is 18.6 Å². The minimum Gasteiger partial charge on any atom is -0.469 e. The van der Waals surface area contributed by atoms with Crippen molar-refractivity contribution in [1.82, 2.24) is 10.3 Å². The third-order valence-electron chi connectivity index (χ3n) is 2.79. The average molecular weight is 310 g/mol. The number of aromatic nitrogens is 1. The summed E-state index contributed by atoms with van der Waals surface area (Å²) < 4.78 is 4.66. The van der Waals surface area contributed by atoms with Crippen molar-refractivity contribution in [2.75, 3.05) is 7.11 Å². The van der Waals surface area contributed by atoms with Gasteiger partial charge in [0.25, 0.3) is 0 Å². The lowest BCUT2D eigenvalue weighted by atomic mass is 10.3. The Morgan fingerprint density at radius 1 is 1.25 bits per heavy atom. The van der Waals surface area contributed by atoms with E-state index in [-0.39, 0.29) is 5.97 Å². The molecule has 0 aromatic carbocycles. The van der Waals surface area contributed by atoms with Gasteiger partial charge in [-0.25, -0.2) is 4.98 Å². The molecule has 4 nitrogen and oxygen atoms in total. The molecule has 0 radical (unpaired) electrons. The highest BCUT2D eigenvalue weighted by Gasteiger charge is 2.06. The van der Waals surface area contributed by atoms with E-state index in [1.54, 1.807) is 22.7 Å². The van der Waals surface area contributed by atoms with Crippen LogP contribution in [0.25, 0.3) is 0 Å². The molecular formula is C14H18N2O2S2. The number of carbonyl (C=O) groups excluding carboxylic acids is 1. The van der Waals surface area contributed by atoms with Crippen LogP contribution >= 0.6 is 22.7 Å². The Bertz CT molecular complexity index is 563. The van der Waals surface area contributed by atoms with Gasteiger partial charge < -0.3 is 10.1 Å². The van der Waals surface area contributed by atoms with Crippen molar-refractivity contribution in [1.29, 1.82) is 0 Å². The van der Waals surface area contributed by atoms with Gasteiger partial charge in [0.2, 0.25) is 0 Å². The van der Waals surface area contributed by atoms with Crippen LogP contribution < -0.4 is 5.32 Å². The molecule has 1 N–H and O–H groups in total. The summed E-state index contributed by atoms with van der Waals surface area (Å²) in [6.45, 7) is 3.72. The second-order valence-electron chi connectivity index (χ2n) is 4.30. The zero-order chi connectivity index (χ0) is 14.4. The van der Waals surface area contributed by atoms with Crippen molar-refractivity contribution >= 4 is 28.6 Å². The van der Waals surface area contributed by atoms with Crippen molar-refractivity contribution in [2.45, 2.75) is 32.9 Å².